The molecule has 1 aromatic carbocycles. The summed E-state index contributed by atoms with van der Waals surface area (Å²) in [6.07, 6.45) is -0.595. The monoisotopic (exact) mass is 372 g/mol. The Morgan fingerprint density at radius 3 is 2.56 bits per heavy atom. The maximum absolute atomic E-state index is 12.1. The minimum absolute atomic E-state index is 0.237. The first kappa shape index (κ1) is 17.7. The van der Waals surface area contributed by atoms with E-state index in [4.69, 9.17) is 0 Å². The molecule has 1 atom stereocenters. The molecule has 0 aliphatic heterocycles. The molecule has 0 spiro atoms. The van der Waals surface area contributed by atoms with Crippen LogP contribution in [-0.2, 0) is 6.54 Å². The number of hydrogen-bond acceptors (Lipinski definition) is 4. The molecule has 2 aromatic heterocycles. The van der Waals surface area contributed by atoms with Gasteiger partial charge in [0.15, 0.2) is 0 Å². The van der Waals surface area contributed by atoms with Gasteiger partial charge in [0.05, 0.1) is 6.54 Å². The van der Waals surface area contributed by atoms with Crippen LogP contribution in [0.25, 0.3) is 0 Å². The van der Waals surface area contributed by atoms with Gasteiger partial charge in [0.1, 0.15) is 6.10 Å². The number of thiophene rings is 2. The Labute approximate surface area is 155 Å². The molecule has 0 saturated heterocycles. The van der Waals surface area contributed by atoms with Crippen molar-refractivity contribution in [3.05, 3.63) is 73.6 Å². The van der Waals surface area contributed by atoms with Crippen molar-refractivity contribution < 1.29 is 9.90 Å². The second-order valence-electron chi connectivity index (χ2n) is 5.91. The van der Waals surface area contributed by atoms with Crippen molar-refractivity contribution in [1.82, 2.24) is 5.32 Å². The van der Waals surface area contributed by atoms with E-state index in [1.54, 1.807) is 0 Å². The van der Waals surface area contributed by atoms with Crippen LogP contribution in [0.4, 0.5) is 10.5 Å². The van der Waals surface area contributed by atoms with Crippen LogP contribution in [0.2, 0.25) is 0 Å². The molecular weight excluding hydrogens is 352 g/mol. The van der Waals surface area contributed by atoms with E-state index in [0.29, 0.717) is 6.54 Å². The zero-order valence-corrected chi connectivity index (χ0v) is 15.7. The number of amides is 2. The van der Waals surface area contributed by atoms with Gasteiger partial charge in [-0.05, 0) is 60.7 Å². The molecule has 0 bridgehead atoms. The van der Waals surface area contributed by atoms with E-state index in [1.165, 1.54) is 22.7 Å². The summed E-state index contributed by atoms with van der Waals surface area (Å²) in [4.78, 5) is 14.9. The molecule has 2 heterocycles. The molecule has 3 N–H and O–H groups in total. The van der Waals surface area contributed by atoms with Crippen LogP contribution in [0.1, 0.15) is 31.9 Å². The number of rotatable bonds is 5. The largest absolute Gasteiger partial charge is 0.382 e. The number of carbonyl (C=O) groups is 1. The quantitative estimate of drug-likeness (QED) is 0.601. The highest BCUT2D eigenvalue weighted by atomic mass is 32.1. The second kappa shape index (κ2) is 7.82. The van der Waals surface area contributed by atoms with Crippen LogP contribution in [0, 0.1) is 13.8 Å². The third kappa shape index (κ3) is 4.69. The molecular formula is C19H20N2O2S2. The van der Waals surface area contributed by atoms with Crippen LogP contribution >= 0.6 is 22.7 Å². The second-order valence-corrected chi connectivity index (χ2v) is 8.09. The summed E-state index contributed by atoms with van der Waals surface area (Å²) in [6.45, 7) is 4.43. The van der Waals surface area contributed by atoms with E-state index in [-0.39, 0.29) is 6.03 Å². The minimum Gasteiger partial charge on any atom is -0.382 e. The van der Waals surface area contributed by atoms with Crippen molar-refractivity contribution in [2.75, 3.05) is 5.32 Å². The number of aryl methyl sites for hydroxylation is 2. The zero-order valence-electron chi connectivity index (χ0n) is 14.1. The molecule has 130 valence electrons. The lowest BCUT2D eigenvalue weighted by Gasteiger charge is -2.09. The first-order valence-electron chi connectivity index (χ1n) is 7.94. The maximum atomic E-state index is 12.1. The fourth-order valence-corrected chi connectivity index (χ4v) is 4.37. The van der Waals surface area contributed by atoms with E-state index < -0.39 is 6.10 Å². The van der Waals surface area contributed by atoms with Gasteiger partial charge in [-0.25, -0.2) is 4.79 Å². The lowest BCUT2D eigenvalue weighted by molar-refractivity contribution is 0.228. The van der Waals surface area contributed by atoms with E-state index in [2.05, 4.69) is 16.7 Å². The average molecular weight is 373 g/mol. The predicted octanol–water partition coefficient (Wildman–Crippen LogP) is 4.83. The highest BCUT2D eigenvalue weighted by molar-refractivity contribution is 7.12. The van der Waals surface area contributed by atoms with E-state index >= 15 is 0 Å². The molecule has 0 saturated carbocycles. The fourth-order valence-electron chi connectivity index (χ4n) is 2.61. The summed E-state index contributed by atoms with van der Waals surface area (Å²) in [5.41, 5.74) is 3.01. The average Bonchev–Trinajstić information content (AvgIpc) is 3.23. The van der Waals surface area contributed by atoms with Gasteiger partial charge in [-0.3, -0.25) is 0 Å². The van der Waals surface area contributed by atoms with Crippen molar-refractivity contribution in [3.8, 4) is 0 Å². The van der Waals surface area contributed by atoms with Gasteiger partial charge in [-0.2, -0.15) is 0 Å². The number of aliphatic hydroxyl groups excluding tert-OH is 1. The summed E-state index contributed by atoms with van der Waals surface area (Å²) < 4.78 is 0. The topological polar surface area (TPSA) is 61.4 Å². The SMILES string of the molecule is Cc1cc(C)cc(NC(=O)NCc2ccc(C(O)c3cccs3)s2)c1. The fraction of sp³-hybridized carbons (Fsp3) is 0.211. The van der Waals surface area contributed by atoms with Crippen molar-refractivity contribution in [1.29, 1.82) is 0 Å². The minimum atomic E-state index is -0.595. The molecule has 3 aromatic rings. The van der Waals surface area contributed by atoms with Gasteiger partial charge in [0, 0.05) is 20.3 Å². The number of aliphatic hydroxyl groups is 1. The lowest BCUT2D eigenvalue weighted by Crippen LogP contribution is -2.27. The van der Waals surface area contributed by atoms with Crippen LogP contribution in [-0.4, -0.2) is 11.1 Å². The molecule has 3 rings (SSSR count). The maximum Gasteiger partial charge on any atom is 0.319 e. The van der Waals surface area contributed by atoms with Crippen molar-refractivity contribution in [3.63, 3.8) is 0 Å². The summed E-state index contributed by atoms with van der Waals surface area (Å²) in [5, 5.41) is 18.0. The third-order valence-corrected chi connectivity index (χ3v) is 5.73. The number of hydrogen-bond donors (Lipinski definition) is 3. The normalized spacial score (nSPS) is 12.0. The number of nitrogens with one attached hydrogen (secondary N) is 2. The number of anilines is 1. The Morgan fingerprint density at radius 1 is 1.12 bits per heavy atom. The van der Waals surface area contributed by atoms with Gasteiger partial charge in [0.2, 0.25) is 0 Å². The lowest BCUT2D eigenvalue weighted by atomic mass is 10.1. The third-order valence-electron chi connectivity index (χ3n) is 3.67. The van der Waals surface area contributed by atoms with E-state index in [9.17, 15) is 9.90 Å². The molecule has 0 fully saturated rings. The van der Waals surface area contributed by atoms with Gasteiger partial charge in [-0.15, -0.1) is 22.7 Å². The summed E-state index contributed by atoms with van der Waals surface area (Å²) in [5.74, 6) is 0. The molecule has 4 nitrogen and oxygen atoms in total. The zero-order chi connectivity index (χ0) is 17.8. The Bertz CT molecular complexity index is 836. The molecule has 0 radical (unpaired) electrons. The number of carbonyl (C=O) groups excluding carboxylic acids is 1. The standard InChI is InChI=1S/C19H20N2O2S2/c1-12-8-13(2)10-14(9-12)21-19(23)20-11-15-5-6-17(25-15)18(22)16-4-3-7-24-16/h3-10,18,22H,11H2,1-2H3,(H2,20,21,23). The summed E-state index contributed by atoms with van der Waals surface area (Å²) >= 11 is 3.04. The van der Waals surface area contributed by atoms with Gasteiger partial charge in [0.25, 0.3) is 0 Å². The highest BCUT2D eigenvalue weighted by Gasteiger charge is 2.14. The van der Waals surface area contributed by atoms with Crippen LogP contribution in [0.3, 0.4) is 0 Å². The summed E-state index contributed by atoms with van der Waals surface area (Å²) in [7, 11) is 0. The summed E-state index contributed by atoms with van der Waals surface area (Å²) in [6, 6.07) is 13.4. The van der Waals surface area contributed by atoms with Crippen LogP contribution in [0.15, 0.2) is 47.8 Å². The highest BCUT2D eigenvalue weighted by Crippen LogP contribution is 2.30. The Hall–Kier alpha value is -2.15. The van der Waals surface area contributed by atoms with Gasteiger partial charge in [-0.1, -0.05) is 12.1 Å². The molecule has 0 aliphatic rings. The predicted molar refractivity (Wildman–Crippen MR) is 104 cm³/mol. The van der Waals surface area contributed by atoms with E-state index in [1.807, 2.05) is 55.6 Å². The van der Waals surface area contributed by atoms with Crippen LogP contribution in [0.5, 0.6) is 0 Å². The van der Waals surface area contributed by atoms with Crippen molar-refractivity contribution in [2.24, 2.45) is 0 Å². The Morgan fingerprint density at radius 2 is 1.88 bits per heavy atom. The smallest absolute Gasteiger partial charge is 0.319 e. The number of urea groups is 1. The van der Waals surface area contributed by atoms with Gasteiger partial charge >= 0.3 is 6.03 Å². The molecule has 1 unspecified atom stereocenters. The molecule has 2 amide bonds. The van der Waals surface area contributed by atoms with Crippen molar-refractivity contribution >= 4 is 34.4 Å². The first-order valence-corrected chi connectivity index (χ1v) is 9.64. The van der Waals surface area contributed by atoms with Gasteiger partial charge < -0.3 is 15.7 Å². The Kier molecular flexibility index (Phi) is 5.53. The molecule has 6 heteroatoms. The molecule has 0 aliphatic carbocycles. The molecule has 25 heavy (non-hydrogen) atoms. The van der Waals surface area contributed by atoms with Crippen molar-refractivity contribution in [2.45, 2.75) is 26.5 Å². The van der Waals surface area contributed by atoms with Crippen LogP contribution < -0.4 is 10.6 Å². The number of benzene rings is 1. The first-order chi connectivity index (χ1) is 12.0. The van der Waals surface area contributed by atoms with E-state index in [0.717, 1.165) is 31.4 Å². The Balaban J connectivity index is 1.56.